The molecule has 1 saturated heterocycles. The van der Waals surface area contributed by atoms with E-state index in [0.29, 0.717) is 35.2 Å². The van der Waals surface area contributed by atoms with Gasteiger partial charge in [0.1, 0.15) is 5.75 Å². The number of methoxy groups -OCH3 is 3. The number of benzene rings is 2. The van der Waals surface area contributed by atoms with Gasteiger partial charge in [-0.1, -0.05) is 0 Å². The molecule has 2 heterocycles. The molecule has 2 aliphatic heterocycles. The fraction of sp³-hybridized carbons (Fsp3) is 0.409. The molecule has 4 rings (SSSR count). The number of nitrogens with one attached hydrogen (secondary N) is 3. The molecule has 0 aromatic heterocycles. The molecular formula is C22H27N3O6. The second kappa shape index (κ2) is 8.91. The van der Waals surface area contributed by atoms with Crippen molar-refractivity contribution in [3.8, 4) is 23.0 Å². The summed E-state index contributed by atoms with van der Waals surface area (Å²) in [6, 6.07) is 8.46. The summed E-state index contributed by atoms with van der Waals surface area (Å²) in [5, 5.41) is 8.93. The summed E-state index contributed by atoms with van der Waals surface area (Å²) in [4.78, 5) is 12.5. The van der Waals surface area contributed by atoms with Crippen LogP contribution in [0.5, 0.6) is 23.0 Å². The van der Waals surface area contributed by atoms with E-state index in [1.807, 2.05) is 18.2 Å². The highest BCUT2D eigenvalue weighted by molar-refractivity contribution is 6.00. The zero-order chi connectivity index (χ0) is 21.8. The Morgan fingerprint density at radius 3 is 2.29 bits per heavy atom. The summed E-state index contributed by atoms with van der Waals surface area (Å²) < 4.78 is 28.1. The van der Waals surface area contributed by atoms with Crippen LogP contribution in [-0.4, -0.2) is 46.2 Å². The molecule has 0 unspecified atom stereocenters. The molecule has 1 spiro atoms. The van der Waals surface area contributed by atoms with E-state index in [1.165, 1.54) is 21.3 Å². The van der Waals surface area contributed by atoms with E-state index >= 15 is 0 Å². The summed E-state index contributed by atoms with van der Waals surface area (Å²) in [5.41, 5.74) is 2.04. The van der Waals surface area contributed by atoms with Gasteiger partial charge in [0, 0.05) is 49.3 Å². The Hall–Kier alpha value is -3.17. The van der Waals surface area contributed by atoms with Crippen LogP contribution in [0.1, 0.15) is 18.4 Å². The normalized spacial score (nSPS) is 16.6. The number of carbonyl (C=O) groups excluding carboxylic acids is 1. The third-order valence-corrected chi connectivity index (χ3v) is 5.39. The van der Waals surface area contributed by atoms with Crippen LogP contribution in [0.2, 0.25) is 0 Å². The number of piperidine rings is 1. The average Bonchev–Trinajstić information content (AvgIpc) is 2.79. The average molecular weight is 429 g/mol. The second-order valence-electron chi connectivity index (χ2n) is 7.37. The number of ether oxygens (including phenoxy) is 5. The Bertz CT molecular complexity index is 933. The summed E-state index contributed by atoms with van der Waals surface area (Å²) in [6.07, 6.45) is 1.62. The number of fused-ring (bicyclic) bond motifs is 1. The van der Waals surface area contributed by atoms with Gasteiger partial charge < -0.3 is 39.6 Å². The minimum absolute atomic E-state index is 0.401. The van der Waals surface area contributed by atoms with Crippen LogP contribution < -0.4 is 34.9 Å². The Balaban J connectivity index is 1.44. The van der Waals surface area contributed by atoms with E-state index in [2.05, 4.69) is 16.0 Å². The highest BCUT2D eigenvalue weighted by Crippen LogP contribution is 2.40. The van der Waals surface area contributed by atoms with Crippen molar-refractivity contribution in [2.45, 2.75) is 25.2 Å². The first-order chi connectivity index (χ1) is 15.1. The molecule has 3 N–H and O–H groups in total. The largest absolute Gasteiger partial charge is 0.493 e. The molecule has 0 saturated carbocycles. The van der Waals surface area contributed by atoms with Gasteiger partial charge in [0.15, 0.2) is 11.5 Å². The molecule has 31 heavy (non-hydrogen) atoms. The van der Waals surface area contributed by atoms with Crippen LogP contribution >= 0.6 is 0 Å². The van der Waals surface area contributed by atoms with Crippen LogP contribution in [0.3, 0.4) is 0 Å². The maximum absolute atomic E-state index is 12.5. The van der Waals surface area contributed by atoms with Crippen molar-refractivity contribution in [1.82, 2.24) is 5.32 Å². The molecule has 2 amide bonds. The van der Waals surface area contributed by atoms with Gasteiger partial charge in [-0.25, -0.2) is 4.79 Å². The lowest BCUT2D eigenvalue weighted by Crippen LogP contribution is -2.49. The number of anilines is 2. The predicted octanol–water partition coefficient (Wildman–Crippen LogP) is 3.35. The van der Waals surface area contributed by atoms with Crippen LogP contribution in [0, 0.1) is 0 Å². The van der Waals surface area contributed by atoms with Crippen molar-refractivity contribution in [2.24, 2.45) is 0 Å². The zero-order valence-corrected chi connectivity index (χ0v) is 17.9. The van der Waals surface area contributed by atoms with E-state index in [4.69, 9.17) is 23.7 Å². The van der Waals surface area contributed by atoms with E-state index in [-0.39, 0.29) is 0 Å². The lowest BCUT2D eigenvalue weighted by atomic mass is 10.0. The molecular weight excluding hydrogens is 402 g/mol. The van der Waals surface area contributed by atoms with E-state index < -0.39 is 11.8 Å². The summed E-state index contributed by atoms with van der Waals surface area (Å²) in [5.74, 6) is 1.61. The van der Waals surface area contributed by atoms with E-state index in [1.54, 1.807) is 12.1 Å². The second-order valence-corrected chi connectivity index (χ2v) is 7.37. The number of hydrogen-bond donors (Lipinski definition) is 3. The number of rotatable bonds is 5. The fourth-order valence-corrected chi connectivity index (χ4v) is 3.81. The monoisotopic (exact) mass is 429 g/mol. The third kappa shape index (κ3) is 4.47. The minimum Gasteiger partial charge on any atom is -0.493 e. The van der Waals surface area contributed by atoms with Gasteiger partial charge >= 0.3 is 6.03 Å². The minimum atomic E-state index is -0.545. The molecule has 9 nitrogen and oxygen atoms in total. The lowest BCUT2D eigenvalue weighted by Gasteiger charge is -2.41. The molecule has 0 aliphatic carbocycles. The maximum Gasteiger partial charge on any atom is 0.323 e. The lowest BCUT2D eigenvalue weighted by molar-refractivity contribution is -0.218. The SMILES string of the molecule is COc1cc(NC(=O)Nc2ccc3c(c2)COC2(CCNCC2)O3)cc(OC)c1OC. The molecule has 0 atom stereocenters. The Labute approximate surface area is 181 Å². The van der Waals surface area contributed by atoms with Crippen molar-refractivity contribution in [3.63, 3.8) is 0 Å². The first-order valence-corrected chi connectivity index (χ1v) is 10.1. The molecule has 0 radical (unpaired) electrons. The first-order valence-electron chi connectivity index (χ1n) is 10.1. The van der Waals surface area contributed by atoms with Gasteiger partial charge in [0.25, 0.3) is 0 Å². The van der Waals surface area contributed by atoms with Crippen molar-refractivity contribution < 1.29 is 28.5 Å². The highest BCUT2D eigenvalue weighted by atomic mass is 16.7. The number of hydrogen-bond acceptors (Lipinski definition) is 7. The summed E-state index contributed by atoms with van der Waals surface area (Å²) in [6.45, 7) is 2.19. The van der Waals surface area contributed by atoms with Crippen LogP contribution in [0.25, 0.3) is 0 Å². The molecule has 9 heteroatoms. The van der Waals surface area contributed by atoms with Crippen LogP contribution in [0.4, 0.5) is 16.2 Å². The van der Waals surface area contributed by atoms with Crippen LogP contribution in [-0.2, 0) is 11.3 Å². The van der Waals surface area contributed by atoms with E-state index in [0.717, 1.165) is 37.2 Å². The smallest absolute Gasteiger partial charge is 0.323 e. The van der Waals surface area contributed by atoms with Crippen LogP contribution in [0.15, 0.2) is 30.3 Å². The third-order valence-electron chi connectivity index (χ3n) is 5.39. The van der Waals surface area contributed by atoms with Crippen molar-refractivity contribution in [3.05, 3.63) is 35.9 Å². The zero-order valence-electron chi connectivity index (χ0n) is 17.9. The molecule has 2 aromatic rings. The summed E-state index contributed by atoms with van der Waals surface area (Å²) in [7, 11) is 4.56. The molecule has 1 fully saturated rings. The predicted molar refractivity (Wildman–Crippen MR) is 115 cm³/mol. The summed E-state index contributed by atoms with van der Waals surface area (Å²) >= 11 is 0. The van der Waals surface area contributed by atoms with Crippen molar-refractivity contribution >= 4 is 17.4 Å². The quantitative estimate of drug-likeness (QED) is 0.670. The number of urea groups is 1. The molecule has 2 aliphatic rings. The maximum atomic E-state index is 12.5. The van der Waals surface area contributed by atoms with Gasteiger partial charge in [-0.3, -0.25) is 0 Å². The number of carbonyl (C=O) groups is 1. The standard InChI is InChI=1S/C22H27N3O6/c1-27-18-11-16(12-19(28-2)20(18)29-3)25-21(26)24-15-4-5-17-14(10-15)13-30-22(31-17)6-8-23-9-7-22/h4-5,10-12,23H,6-9,13H2,1-3H3,(H2,24,25,26). The Morgan fingerprint density at radius 2 is 1.65 bits per heavy atom. The van der Waals surface area contributed by atoms with Gasteiger partial charge in [-0.05, 0) is 18.2 Å². The van der Waals surface area contributed by atoms with Crippen molar-refractivity contribution in [2.75, 3.05) is 45.1 Å². The van der Waals surface area contributed by atoms with Crippen molar-refractivity contribution in [1.29, 1.82) is 0 Å². The topological polar surface area (TPSA) is 99.3 Å². The highest BCUT2D eigenvalue weighted by Gasteiger charge is 2.38. The van der Waals surface area contributed by atoms with Gasteiger partial charge in [0.05, 0.1) is 33.6 Å². The first kappa shape index (κ1) is 21.1. The molecule has 0 bridgehead atoms. The molecule has 2 aromatic carbocycles. The van der Waals surface area contributed by atoms with E-state index in [9.17, 15) is 4.79 Å². The van der Waals surface area contributed by atoms with Gasteiger partial charge in [-0.15, -0.1) is 0 Å². The van der Waals surface area contributed by atoms with Gasteiger partial charge in [-0.2, -0.15) is 0 Å². The Kier molecular flexibility index (Phi) is 6.06. The Morgan fingerprint density at radius 1 is 0.968 bits per heavy atom. The molecule has 166 valence electrons. The van der Waals surface area contributed by atoms with Gasteiger partial charge in [0.2, 0.25) is 11.5 Å². The number of amides is 2. The fourth-order valence-electron chi connectivity index (χ4n) is 3.81.